The highest BCUT2D eigenvalue weighted by Gasteiger charge is 2.39. The van der Waals surface area contributed by atoms with Crippen LogP contribution in [0.1, 0.15) is 22.8 Å². The summed E-state index contributed by atoms with van der Waals surface area (Å²) in [6.45, 7) is 0.898. The average Bonchev–Trinajstić information content (AvgIpc) is 3.21. The third kappa shape index (κ3) is 5.24. The molecule has 0 radical (unpaired) electrons. The Labute approximate surface area is 199 Å². The molecule has 6 nitrogen and oxygen atoms in total. The van der Waals surface area contributed by atoms with E-state index >= 15 is 0 Å². The maximum atomic E-state index is 13.3. The fourth-order valence-corrected chi connectivity index (χ4v) is 4.19. The number of hydrogen-bond acceptors (Lipinski definition) is 5. The molecule has 0 fully saturated rings. The summed E-state index contributed by atoms with van der Waals surface area (Å²) in [5.41, 5.74) is 2.47. The van der Waals surface area contributed by atoms with Crippen LogP contribution in [0.2, 0.25) is 0 Å². The first-order valence-corrected chi connectivity index (χ1v) is 12.3. The van der Waals surface area contributed by atoms with Gasteiger partial charge in [-0.3, -0.25) is 4.79 Å². The Morgan fingerprint density at radius 3 is 2.46 bits per heavy atom. The van der Waals surface area contributed by atoms with Crippen LogP contribution < -0.4 is 10.1 Å². The first-order chi connectivity index (χ1) is 16.3. The molecule has 0 spiro atoms. The van der Waals surface area contributed by atoms with Gasteiger partial charge in [0.15, 0.2) is 15.9 Å². The number of carbonyl (C=O) groups excluding carboxylic acids is 1. The van der Waals surface area contributed by atoms with E-state index in [1.54, 1.807) is 24.4 Å². The maximum Gasteiger partial charge on any atom is 0.425 e. The van der Waals surface area contributed by atoms with Crippen LogP contribution >= 0.6 is 0 Å². The molecule has 0 saturated heterocycles. The van der Waals surface area contributed by atoms with Crippen LogP contribution in [0.5, 0.6) is 5.75 Å². The number of alkyl halides is 3. The van der Waals surface area contributed by atoms with Crippen LogP contribution in [0.4, 0.5) is 17.6 Å². The third-order valence-corrected chi connectivity index (χ3v) is 6.61. The molecule has 0 unspecified atom stereocenters. The van der Waals surface area contributed by atoms with Crippen LogP contribution in [0.3, 0.4) is 0 Å². The molecule has 1 N–H and O–H groups in total. The first kappa shape index (κ1) is 24.5. The zero-order valence-corrected chi connectivity index (χ0v) is 19.4. The summed E-state index contributed by atoms with van der Waals surface area (Å²) in [6, 6.07) is 8.97. The standard InChI is InChI=1S/C24H20F4N2O4S/c1-14(24(26,27)28)34-22-8-7-19(35(2,32)33)10-20(22)23(31)30-12-16-9-21(29-11-17(16)13-30)15-3-5-18(25)6-4-15/h3-12,14,29H,13H2,1-2H3/t14-/m0/s1. The van der Waals surface area contributed by atoms with Crippen LogP contribution in [-0.2, 0) is 9.84 Å². The summed E-state index contributed by atoms with van der Waals surface area (Å²) in [4.78, 5) is 14.4. The third-order valence-electron chi connectivity index (χ3n) is 5.50. The van der Waals surface area contributed by atoms with E-state index in [-0.39, 0.29) is 28.6 Å². The number of dihydropyridines is 1. The Morgan fingerprint density at radius 2 is 1.83 bits per heavy atom. The lowest BCUT2D eigenvalue weighted by Gasteiger charge is -2.21. The van der Waals surface area contributed by atoms with Gasteiger partial charge in [-0.1, -0.05) is 0 Å². The fraction of sp³-hybridized carbons (Fsp3) is 0.208. The molecule has 2 aromatic carbocycles. The minimum atomic E-state index is -4.68. The Morgan fingerprint density at radius 1 is 1.14 bits per heavy atom. The van der Waals surface area contributed by atoms with E-state index in [1.165, 1.54) is 23.2 Å². The van der Waals surface area contributed by atoms with Crippen LogP contribution in [0.15, 0.2) is 77.0 Å². The van der Waals surface area contributed by atoms with E-state index in [4.69, 9.17) is 4.74 Å². The molecule has 184 valence electrons. The van der Waals surface area contributed by atoms with Crippen molar-refractivity contribution in [2.24, 2.45) is 0 Å². The van der Waals surface area contributed by atoms with Crippen molar-refractivity contribution in [1.82, 2.24) is 10.2 Å². The number of rotatable bonds is 5. The summed E-state index contributed by atoms with van der Waals surface area (Å²) in [5, 5.41) is 3.08. The first-order valence-electron chi connectivity index (χ1n) is 10.4. The van der Waals surface area contributed by atoms with Crippen LogP contribution in [0, 0.1) is 5.82 Å². The molecule has 0 saturated carbocycles. The summed E-state index contributed by atoms with van der Waals surface area (Å²) in [6.07, 6.45) is -1.02. The van der Waals surface area contributed by atoms with E-state index in [9.17, 15) is 30.8 Å². The number of halogens is 4. The van der Waals surface area contributed by atoms with Gasteiger partial charge in [0.1, 0.15) is 11.6 Å². The van der Waals surface area contributed by atoms with Gasteiger partial charge in [0.25, 0.3) is 5.91 Å². The van der Waals surface area contributed by atoms with Gasteiger partial charge < -0.3 is 15.0 Å². The smallest absolute Gasteiger partial charge is 0.425 e. The number of carbonyl (C=O) groups is 1. The predicted octanol–water partition coefficient (Wildman–Crippen LogP) is 4.43. The molecule has 2 aliphatic rings. The number of amides is 1. The van der Waals surface area contributed by atoms with Gasteiger partial charge in [0.2, 0.25) is 0 Å². The monoisotopic (exact) mass is 508 g/mol. The number of hydrogen-bond donors (Lipinski definition) is 1. The van der Waals surface area contributed by atoms with E-state index < -0.39 is 28.0 Å². The molecule has 1 atom stereocenters. The Kier molecular flexibility index (Phi) is 6.22. The van der Waals surface area contributed by atoms with Crippen molar-refractivity contribution >= 4 is 21.4 Å². The second-order valence-corrected chi connectivity index (χ2v) is 10.1. The molecule has 0 aliphatic carbocycles. The molecule has 2 heterocycles. The molecule has 0 bridgehead atoms. The second-order valence-electron chi connectivity index (χ2n) is 8.13. The van der Waals surface area contributed by atoms with E-state index in [2.05, 4.69) is 5.32 Å². The summed E-state index contributed by atoms with van der Waals surface area (Å²) in [7, 11) is -3.74. The molecule has 2 aliphatic heterocycles. The zero-order chi connectivity index (χ0) is 25.5. The summed E-state index contributed by atoms with van der Waals surface area (Å²) in [5.74, 6) is -1.48. The Balaban J connectivity index is 1.67. The Hall–Kier alpha value is -3.60. The number of sulfone groups is 1. The minimum Gasteiger partial charge on any atom is -0.480 e. The molecular weight excluding hydrogens is 488 g/mol. The number of allylic oxidation sites excluding steroid dienone is 1. The van der Waals surface area contributed by atoms with Gasteiger partial charge in [-0.2, -0.15) is 13.2 Å². The molecule has 4 rings (SSSR count). The van der Waals surface area contributed by atoms with Crippen molar-refractivity contribution < 1.29 is 35.5 Å². The van der Waals surface area contributed by atoms with Gasteiger partial charge in [-0.15, -0.1) is 0 Å². The SMILES string of the molecule is C[C@H](Oc1ccc(S(C)(=O)=O)cc1C(=O)N1C=C2C=C(c3ccc(F)cc3)NC=C2C1)C(F)(F)F. The average molecular weight is 508 g/mol. The van der Waals surface area contributed by atoms with Crippen LogP contribution in [0.25, 0.3) is 5.70 Å². The molecule has 2 aromatic rings. The van der Waals surface area contributed by atoms with E-state index in [1.807, 2.05) is 0 Å². The van der Waals surface area contributed by atoms with Gasteiger partial charge in [-0.25, -0.2) is 12.8 Å². The van der Waals surface area contributed by atoms with Crippen molar-refractivity contribution in [1.29, 1.82) is 0 Å². The zero-order valence-electron chi connectivity index (χ0n) is 18.6. The quantitative estimate of drug-likeness (QED) is 0.605. The molecule has 1 amide bonds. The number of benzene rings is 2. The second kappa shape index (κ2) is 8.88. The van der Waals surface area contributed by atoms with Crippen molar-refractivity contribution in [3.05, 3.63) is 89.0 Å². The maximum absolute atomic E-state index is 13.3. The van der Waals surface area contributed by atoms with Crippen LogP contribution in [-0.4, -0.2) is 44.3 Å². The van der Waals surface area contributed by atoms with Gasteiger partial charge in [0, 0.05) is 24.4 Å². The molecule has 11 heteroatoms. The van der Waals surface area contributed by atoms with E-state index in [0.717, 1.165) is 37.0 Å². The fourth-order valence-electron chi connectivity index (χ4n) is 3.54. The number of nitrogens with one attached hydrogen (secondary N) is 1. The largest absolute Gasteiger partial charge is 0.480 e. The van der Waals surface area contributed by atoms with Crippen molar-refractivity contribution in [3.63, 3.8) is 0 Å². The van der Waals surface area contributed by atoms with Gasteiger partial charge in [-0.05, 0) is 72.2 Å². The highest BCUT2D eigenvalue weighted by molar-refractivity contribution is 7.90. The highest BCUT2D eigenvalue weighted by Crippen LogP contribution is 2.33. The number of nitrogens with zero attached hydrogens (tertiary/aromatic N) is 1. The number of ether oxygens (including phenoxy) is 1. The minimum absolute atomic E-state index is 0.103. The predicted molar refractivity (Wildman–Crippen MR) is 120 cm³/mol. The Bertz CT molecular complexity index is 1380. The number of fused-ring (bicyclic) bond motifs is 1. The summed E-state index contributed by atoms with van der Waals surface area (Å²) < 4.78 is 81.5. The topological polar surface area (TPSA) is 75.7 Å². The lowest BCUT2D eigenvalue weighted by molar-refractivity contribution is -0.189. The molecular formula is C24H20F4N2O4S. The van der Waals surface area contributed by atoms with Gasteiger partial charge >= 0.3 is 6.18 Å². The van der Waals surface area contributed by atoms with Crippen molar-refractivity contribution in [3.8, 4) is 5.75 Å². The summed E-state index contributed by atoms with van der Waals surface area (Å²) >= 11 is 0. The lowest BCUT2D eigenvalue weighted by atomic mass is 10.0. The normalized spacial score (nSPS) is 16.5. The highest BCUT2D eigenvalue weighted by atomic mass is 32.2. The van der Waals surface area contributed by atoms with Crippen molar-refractivity contribution in [2.45, 2.75) is 24.1 Å². The molecule has 35 heavy (non-hydrogen) atoms. The molecule has 0 aromatic heterocycles. The van der Waals surface area contributed by atoms with E-state index in [0.29, 0.717) is 16.8 Å². The van der Waals surface area contributed by atoms with Gasteiger partial charge in [0.05, 0.1) is 17.0 Å². The van der Waals surface area contributed by atoms with Crippen molar-refractivity contribution in [2.75, 3.05) is 12.8 Å². The lowest BCUT2D eigenvalue weighted by Crippen LogP contribution is -2.32.